The number of amides is 3. The van der Waals surface area contributed by atoms with E-state index >= 15 is 0 Å². The standard InChI is InChI=1S/C26H31N3O6/c1-33-20-13-18(14-21(16-20)34-2)26(32)28-11-8-17(9-12-28)25(31)27-19-6-7-22(23(15-19)35-3)29-10-4-5-24(29)30/h6-7,13-17H,4-5,8-12H2,1-3H3,(H,27,31). The SMILES string of the molecule is COc1cc(OC)cc(C(=O)N2CCC(C(=O)Nc3ccc(N4CCCC4=O)c(OC)c3)CC2)c1. The lowest BCUT2D eigenvalue weighted by Gasteiger charge is -2.31. The number of ether oxygens (including phenoxy) is 3. The summed E-state index contributed by atoms with van der Waals surface area (Å²) in [5, 5.41) is 2.96. The predicted octanol–water partition coefficient (Wildman–Crippen LogP) is 3.33. The van der Waals surface area contributed by atoms with Crippen LogP contribution in [0.25, 0.3) is 0 Å². The van der Waals surface area contributed by atoms with Crippen molar-refractivity contribution < 1.29 is 28.6 Å². The van der Waals surface area contributed by atoms with Crippen molar-refractivity contribution in [3.63, 3.8) is 0 Å². The van der Waals surface area contributed by atoms with Crippen molar-refractivity contribution >= 4 is 29.1 Å². The highest BCUT2D eigenvalue weighted by molar-refractivity contribution is 5.98. The van der Waals surface area contributed by atoms with Crippen molar-refractivity contribution in [1.29, 1.82) is 0 Å². The Morgan fingerprint density at radius 1 is 0.914 bits per heavy atom. The van der Waals surface area contributed by atoms with E-state index in [1.54, 1.807) is 67.5 Å². The Balaban J connectivity index is 1.36. The summed E-state index contributed by atoms with van der Waals surface area (Å²) in [5.41, 5.74) is 1.82. The van der Waals surface area contributed by atoms with Crippen molar-refractivity contribution in [1.82, 2.24) is 4.90 Å². The molecule has 0 unspecified atom stereocenters. The van der Waals surface area contributed by atoms with Crippen LogP contribution in [0.2, 0.25) is 0 Å². The van der Waals surface area contributed by atoms with E-state index < -0.39 is 0 Å². The predicted molar refractivity (Wildman–Crippen MR) is 131 cm³/mol. The molecule has 2 heterocycles. The molecule has 0 spiro atoms. The molecule has 0 aromatic heterocycles. The highest BCUT2D eigenvalue weighted by Crippen LogP contribution is 2.34. The Morgan fingerprint density at radius 2 is 1.60 bits per heavy atom. The molecule has 0 radical (unpaired) electrons. The van der Waals surface area contributed by atoms with Crippen molar-refractivity contribution in [3.05, 3.63) is 42.0 Å². The molecule has 2 aromatic carbocycles. The average molecular weight is 482 g/mol. The Labute approximate surface area is 204 Å². The van der Waals surface area contributed by atoms with E-state index in [9.17, 15) is 14.4 Å². The second-order valence-electron chi connectivity index (χ2n) is 8.69. The third-order valence-electron chi connectivity index (χ3n) is 6.56. The molecular formula is C26H31N3O6. The van der Waals surface area contributed by atoms with Gasteiger partial charge < -0.3 is 29.3 Å². The fourth-order valence-corrected chi connectivity index (χ4v) is 4.58. The first-order chi connectivity index (χ1) is 16.9. The fourth-order valence-electron chi connectivity index (χ4n) is 4.58. The van der Waals surface area contributed by atoms with Gasteiger partial charge in [-0.3, -0.25) is 14.4 Å². The molecule has 2 aliphatic heterocycles. The summed E-state index contributed by atoms with van der Waals surface area (Å²) >= 11 is 0. The minimum absolute atomic E-state index is 0.0776. The molecule has 35 heavy (non-hydrogen) atoms. The third-order valence-corrected chi connectivity index (χ3v) is 6.56. The Bertz CT molecular complexity index is 1090. The van der Waals surface area contributed by atoms with Crippen LogP contribution in [0.4, 0.5) is 11.4 Å². The first-order valence-electron chi connectivity index (χ1n) is 11.7. The molecule has 9 nitrogen and oxygen atoms in total. The largest absolute Gasteiger partial charge is 0.497 e. The van der Waals surface area contributed by atoms with Gasteiger partial charge in [0.1, 0.15) is 17.2 Å². The van der Waals surface area contributed by atoms with Crippen LogP contribution >= 0.6 is 0 Å². The van der Waals surface area contributed by atoms with Gasteiger partial charge in [-0.1, -0.05) is 0 Å². The van der Waals surface area contributed by atoms with Crippen LogP contribution in [0.1, 0.15) is 36.0 Å². The van der Waals surface area contributed by atoms with Gasteiger partial charge in [0.15, 0.2) is 0 Å². The molecule has 0 saturated carbocycles. The van der Waals surface area contributed by atoms with Crippen molar-refractivity contribution in [3.8, 4) is 17.2 Å². The van der Waals surface area contributed by atoms with E-state index in [0.717, 1.165) is 6.42 Å². The van der Waals surface area contributed by atoms with Gasteiger partial charge >= 0.3 is 0 Å². The van der Waals surface area contributed by atoms with Crippen molar-refractivity contribution in [2.75, 3.05) is 51.2 Å². The van der Waals surface area contributed by atoms with E-state index in [-0.39, 0.29) is 23.6 Å². The van der Waals surface area contributed by atoms with Crippen LogP contribution < -0.4 is 24.4 Å². The van der Waals surface area contributed by atoms with Crippen LogP contribution in [0.5, 0.6) is 17.2 Å². The van der Waals surface area contributed by atoms with E-state index in [1.807, 2.05) is 0 Å². The number of benzene rings is 2. The van der Waals surface area contributed by atoms with Crippen LogP contribution in [0.3, 0.4) is 0 Å². The summed E-state index contributed by atoms with van der Waals surface area (Å²) in [7, 11) is 4.64. The Morgan fingerprint density at radius 3 is 2.17 bits per heavy atom. The van der Waals surface area contributed by atoms with Gasteiger partial charge in [0.05, 0.1) is 27.0 Å². The lowest BCUT2D eigenvalue weighted by atomic mass is 9.95. The van der Waals surface area contributed by atoms with Crippen molar-refractivity contribution in [2.45, 2.75) is 25.7 Å². The summed E-state index contributed by atoms with van der Waals surface area (Å²) in [6.45, 7) is 1.63. The summed E-state index contributed by atoms with van der Waals surface area (Å²) in [5.74, 6) is 1.32. The monoisotopic (exact) mass is 481 g/mol. The number of methoxy groups -OCH3 is 3. The highest BCUT2D eigenvalue weighted by Gasteiger charge is 2.29. The van der Waals surface area contributed by atoms with Gasteiger partial charge in [0.2, 0.25) is 11.8 Å². The zero-order valence-electron chi connectivity index (χ0n) is 20.3. The van der Waals surface area contributed by atoms with Crippen LogP contribution in [0.15, 0.2) is 36.4 Å². The van der Waals surface area contributed by atoms with Gasteiger partial charge in [-0.2, -0.15) is 0 Å². The number of nitrogens with zero attached hydrogens (tertiary/aromatic N) is 2. The maximum absolute atomic E-state index is 13.0. The summed E-state index contributed by atoms with van der Waals surface area (Å²) in [6, 6.07) is 10.4. The van der Waals surface area contributed by atoms with Crippen LogP contribution in [0, 0.1) is 5.92 Å². The van der Waals surface area contributed by atoms with E-state index in [2.05, 4.69) is 5.32 Å². The molecule has 2 aliphatic rings. The summed E-state index contributed by atoms with van der Waals surface area (Å²) in [4.78, 5) is 41.5. The molecule has 2 fully saturated rings. The zero-order valence-corrected chi connectivity index (χ0v) is 20.3. The molecule has 186 valence electrons. The lowest BCUT2D eigenvalue weighted by Crippen LogP contribution is -2.41. The molecule has 4 rings (SSSR count). The number of nitrogens with one attached hydrogen (secondary N) is 1. The van der Waals surface area contributed by atoms with E-state index in [0.29, 0.717) is 73.1 Å². The van der Waals surface area contributed by atoms with Gasteiger partial charge in [0, 0.05) is 55.4 Å². The molecule has 0 atom stereocenters. The highest BCUT2D eigenvalue weighted by atomic mass is 16.5. The van der Waals surface area contributed by atoms with Crippen LogP contribution in [-0.4, -0.2) is 63.6 Å². The molecular weight excluding hydrogens is 450 g/mol. The van der Waals surface area contributed by atoms with E-state index in [1.165, 1.54) is 0 Å². The number of piperidine rings is 1. The zero-order chi connectivity index (χ0) is 24.9. The summed E-state index contributed by atoms with van der Waals surface area (Å²) in [6.07, 6.45) is 2.49. The third kappa shape index (κ3) is 5.34. The van der Waals surface area contributed by atoms with Crippen LogP contribution in [-0.2, 0) is 9.59 Å². The molecule has 9 heteroatoms. The number of rotatable bonds is 7. The molecule has 0 bridgehead atoms. The van der Waals surface area contributed by atoms with Gasteiger partial charge in [-0.25, -0.2) is 0 Å². The maximum atomic E-state index is 13.0. The first kappa shape index (κ1) is 24.4. The fraction of sp³-hybridized carbons (Fsp3) is 0.423. The average Bonchev–Trinajstić information content (AvgIpc) is 3.33. The van der Waals surface area contributed by atoms with E-state index in [4.69, 9.17) is 14.2 Å². The quantitative estimate of drug-likeness (QED) is 0.652. The molecule has 2 aromatic rings. The lowest BCUT2D eigenvalue weighted by molar-refractivity contribution is -0.121. The smallest absolute Gasteiger partial charge is 0.254 e. The molecule has 3 amide bonds. The number of hydrogen-bond acceptors (Lipinski definition) is 6. The topological polar surface area (TPSA) is 97.4 Å². The Hall–Kier alpha value is -3.75. The number of carbonyl (C=O) groups is 3. The number of carbonyl (C=O) groups excluding carboxylic acids is 3. The van der Waals surface area contributed by atoms with Crippen molar-refractivity contribution in [2.24, 2.45) is 5.92 Å². The van der Waals surface area contributed by atoms with Gasteiger partial charge in [-0.05, 0) is 43.5 Å². The maximum Gasteiger partial charge on any atom is 0.254 e. The van der Waals surface area contributed by atoms with Gasteiger partial charge in [-0.15, -0.1) is 0 Å². The number of likely N-dealkylation sites (tertiary alicyclic amines) is 1. The first-order valence-corrected chi connectivity index (χ1v) is 11.7. The second kappa shape index (κ2) is 10.7. The molecule has 1 N–H and O–H groups in total. The minimum atomic E-state index is -0.204. The van der Waals surface area contributed by atoms with Gasteiger partial charge in [0.25, 0.3) is 5.91 Å². The second-order valence-corrected chi connectivity index (χ2v) is 8.69. The number of anilines is 2. The summed E-state index contributed by atoms with van der Waals surface area (Å²) < 4.78 is 16.0. The number of hydrogen-bond donors (Lipinski definition) is 1. The molecule has 2 saturated heterocycles. The molecule has 0 aliphatic carbocycles. The Kier molecular flexibility index (Phi) is 7.43. The minimum Gasteiger partial charge on any atom is -0.497 e. The normalized spacial score (nSPS) is 16.3.